The fraction of sp³-hybridized carbons (Fsp3) is 0.538. The van der Waals surface area contributed by atoms with Crippen LogP contribution in [-0.4, -0.2) is 46.7 Å². The number of thiol groups is 1. The van der Waals surface area contributed by atoms with Crippen molar-refractivity contribution in [3.8, 4) is 5.75 Å². The van der Waals surface area contributed by atoms with E-state index < -0.39 is 10.9 Å². The molecule has 2 N–H and O–H groups in total. The van der Waals surface area contributed by atoms with Crippen LogP contribution in [0.25, 0.3) is 0 Å². The summed E-state index contributed by atoms with van der Waals surface area (Å²) in [6.45, 7) is 3.35. The molecule has 0 spiro atoms. The summed E-state index contributed by atoms with van der Waals surface area (Å²) in [4.78, 5) is 2.44. The van der Waals surface area contributed by atoms with E-state index in [-0.39, 0.29) is 0 Å². The van der Waals surface area contributed by atoms with Crippen LogP contribution < -0.4 is 19.7 Å². The van der Waals surface area contributed by atoms with E-state index >= 15 is 0 Å². The molecule has 1 saturated heterocycles. The van der Waals surface area contributed by atoms with Gasteiger partial charge in [-0.15, -0.1) is 0 Å². The van der Waals surface area contributed by atoms with Gasteiger partial charge in [0.15, 0.2) is 0 Å². The number of nitrogens with one attached hydrogen (secondary N) is 2. The Labute approximate surface area is 198 Å². The minimum atomic E-state index is -2.48. The van der Waals surface area contributed by atoms with Crippen molar-refractivity contribution in [3.05, 3.63) is 59.7 Å². The predicted molar refractivity (Wildman–Crippen MR) is 133 cm³/mol. The molecule has 1 saturated carbocycles. The van der Waals surface area contributed by atoms with Crippen molar-refractivity contribution in [2.24, 2.45) is 5.92 Å². The zero-order chi connectivity index (χ0) is 22.6. The molecule has 0 radical (unpaired) electrons. The second-order valence-corrected chi connectivity index (χ2v) is 10.6. The molecule has 2 aliphatic heterocycles. The van der Waals surface area contributed by atoms with E-state index in [0.29, 0.717) is 30.5 Å². The molecule has 2 heterocycles. The summed E-state index contributed by atoms with van der Waals surface area (Å²) < 4.78 is 30.0. The molecular formula is C26H35N3O3S. The van der Waals surface area contributed by atoms with Gasteiger partial charge in [0.25, 0.3) is 0 Å². The van der Waals surface area contributed by atoms with E-state index in [4.69, 9.17) is 4.74 Å². The van der Waals surface area contributed by atoms with Crippen LogP contribution >= 0.6 is 0 Å². The average molecular weight is 470 g/mol. The van der Waals surface area contributed by atoms with Crippen molar-refractivity contribution in [1.82, 2.24) is 10.0 Å². The zero-order valence-electron chi connectivity index (χ0n) is 19.1. The number of nitrogens with zero attached hydrogens (tertiary/aromatic N) is 1. The maximum absolute atomic E-state index is 10.6. The van der Waals surface area contributed by atoms with E-state index in [1.54, 1.807) is 0 Å². The summed E-state index contributed by atoms with van der Waals surface area (Å²) >= 11 is 0. The fourth-order valence-corrected chi connectivity index (χ4v) is 5.69. The monoisotopic (exact) mass is 469 g/mol. The van der Waals surface area contributed by atoms with Gasteiger partial charge >= 0.3 is 0 Å². The summed E-state index contributed by atoms with van der Waals surface area (Å²) in [5.74, 6) is 2.06. The third kappa shape index (κ3) is 5.53. The number of ether oxygens (including phenoxy) is 1. The van der Waals surface area contributed by atoms with Gasteiger partial charge in [-0.2, -0.15) is 0 Å². The largest absolute Gasteiger partial charge is 0.492 e. The first-order valence-corrected chi connectivity index (χ1v) is 13.5. The van der Waals surface area contributed by atoms with Crippen LogP contribution in [0, 0.1) is 5.92 Å². The molecule has 0 bridgehead atoms. The van der Waals surface area contributed by atoms with E-state index in [9.17, 15) is 8.42 Å². The maximum atomic E-state index is 10.6. The highest BCUT2D eigenvalue weighted by atomic mass is 32.2. The van der Waals surface area contributed by atoms with Gasteiger partial charge in [0.05, 0.1) is 0 Å². The van der Waals surface area contributed by atoms with Gasteiger partial charge in [-0.1, -0.05) is 36.8 Å². The molecule has 33 heavy (non-hydrogen) atoms. The molecule has 1 aliphatic carbocycles. The number of anilines is 1. The Bertz CT molecular complexity index is 995. The normalized spacial score (nSPS) is 23.0. The Morgan fingerprint density at radius 3 is 2.61 bits per heavy atom. The topological polar surface area (TPSA) is 70.7 Å². The van der Waals surface area contributed by atoms with Crippen molar-refractivity contribution < 1.29 is 13.2 Å². The Morgan fingerprint density at radius 2 is 1.88 bits per heavy atom. The van der Waals surface area contributed by atoms with Gasteiger partial charge in [-0.25, -0.2) is 13.1 Å². The third-order valence-electron chi connectivity index (χ3n) is 7.50. The van der Waals surface area contributed by atoms with Gasteiger partial charge in [0.1, 0.15) is 12.4 Å². The summed E-state index contributed by atoms with van der Waals surface area (Å²) in [7, 11) is -2.48. The van der Waals surface area contributed by atoms with Gasteiger partial charge in [-0.05, 0) is 61.8 Å². The first kappa shape index (κ1) is 22.7. The molecule has 2 fully saturated rings. The lowest BCUT2D eigenvalue weighted by molar-refractivity contribution is 0.180. The quantitative estimate of drug-likeness (QED) is 0.368. The smallest absolute Gasteiger partial charge is 0.201 e. The SMILES string of the molecule is O=[SH](=O)NCCCC1CN(c2ccc3c(c2)C(Cc2ccccc2)C(NC2CCC2)CO3)C1. The summed E-state index contributed by atoms with van der Waals surface area (Å²) in [6.07, 6.45) is 6.85. The lowest BCUT2D eigenvalue weighted by Crippen LogP contribution is -2.50. The second kappa shape index (κ2) is 10.5. The van der Waals surface area contributed by atoms with Crippen LogP contribution in [0.5, 0.6) is 5.75 Å². The maximum Gasteiger partial charge on any atom is 0.201 e. The standard InChI is InChI=1S/C26H35N3O3S/c30-33(31)27-13-5-8-20-16-29(17-20)22-11-12-26-24(15-22)23(14-19-6-2-1-3-7-19)25(18-32-26)28-21-9-4-10-21/h1-3,6-7,11-12,15,20-21,23,25,28,33H,4-5,8-10,13-14,16-18H2,(H,27,30,31). The van der Waals surface area contributed by atoms with Gasteiger partial charge in [-0.3, -0.25) is 0 Å². The molecule has 6 nitrogen and oxygen atoms in total. The van der Waals surface area contributed by atoms with E-state index in [1.807, 2.05) is 0 Å². The molecule has 2 atom stereocenters. The zero-order valence-corrected chi connectivity index (χ0v) is 20.0. The Morgan fingerprint density at radius 1 is 1.06 bits per heavy atom. The molecule has 0 aromatic heterocycles. The Hall–Kier alpha value is -2.09. The number of hydrogen-bond donors (Lipinski definition) is 3. The van der Waals surface area contributed by atoms with Crippen molar-refractivity contribution >= 4 is 16.6 Å². The van der Waals surface area contributed by atoms with Gasteiger partial charge in [0.2, 0.25) is 10.9 Å². The van der Waals surface area contributed by atoms with Crippen molar-refractivity contribution in [3.63, 3.8) is 0 Å². The van der Waals surface area contributed by atoms with E-state index in [1.165, 1.54) is 36.1 Å². The highest BCUT2D eigenvalue weighted by Crippen LogP contribution is 2.40. The Balaban J connectivity index is 1.27. The predicted octanol–water partition coefficient (Wildman–Crippen LogP) is 3.25. The minimum Gasteiger partial charge on any atom is -0.492 e. The fourth-order valence-electron chi connectivity index (χ4n) is 5.35. The molecule has 0 amide bonds. The van der Waals surface area contributed by atoms with Crippen LogP contribution in [0.4, 0.5) is 5.69 Å². The lowest BCUT2D eigenvalue weighted by atomic mass is 9.81. The van der Waals surface area contributed by atoms with Crippen LogP contribution in [-0.2, 0) is 17.3 Å². The van der Waals surface area contributed by atoms with Crippen LogP contribution in [0.15, 0.2) is 48.5 Å². The highest BCUT2D eigenvalue weighted by molar-refractivity contribution is 7.70. The van der Waals surface area contributed by atoms with Crippen molar-refractivity contribution in [2.75, 3.05) is 31.1 Å². The van der Waals surface area contributed by atoms with E-state index in [2.05, 4.69) is 63.5 Å². The Kier molecular flexibility index (Phi) is 7.19. The van der Waals surface area contributed by atoms with Gasteiger partial charge < -0.3 is 15.0 Å². The summed E-state index contributed by atoms with van der Waals surface area (Å²) in [5, 5.41) is 3.90. The van der Waals surface area contributed by atoms with Crippen LogP contribution in [0.1, 0.15) is 49.1 Å². The first-order chi connectivity index (χ1) is 16.2. The number of rotatable bonds is 10. The lowest BCUT2D eigenvalue weighted by Gasteiger charge is -2.43. The van der Waals surface area contributed by atoms with Gasteiger partial charge in [0, 0.05) is 48.9 Å². The van der Waals surface area contributed by atoms with Crippen LogP contribution in [0.3, 0.4) is 0 Å². The molecule has 2 aromatic carbocycles. The van der Waals surface area contributed by atoms with Crippen molar-refractivity contribution in [1.29, 1.82) is 0 Å². The molecule has 178 valence electrons. The third-order valence-corrected chi connectivity index (χ3v) is 7.98. The van der Waals surface area contributed by atoms with E-state index in [0.717, 1.165) is 44.7 Å². The molecule has 3 aliphatic rings. The number of hydrogen-bond acceptors (Lipinski definition) is 5. The molecule has 2 aromatic rings. The van der Waals surface area contributed by atoms with Crippen molar-refractivity contribution in [2.45, 2.75) is 56.5 Å². The first-order valence-electron chi connectivity index (χ1n) is 12.4. The highest BCUT2D eigenvalue weighted by Gasteiger charge is 2.35. The minimum absolute atomic E-state index is 0.336. The molecular weight excluding hydrogens is 434 g/mol. The number of fused-ring (bicyclic) bond motifs is 1. The molecule has 5 rings (SSSR count). The second-order valence-electron chi connectivity index (χ2n) is 9.81. The summed E-state index contributed by atoms with van der Waals surface area (Å²) in [6, 6.07) is 18.5. The summed E-state index contributed by atoms with van der Waals surface area (Å²) in [5.41, 5.74) is 3.97. The number of benzene rings is 2. The van der Waals surface area contributed by atoms with Crippen LogP contribution in [0.2, 0.25) is 0 Å². The molecule has 7 heteroatoms. The molecule has 2 unspecified atom stereocenters. The average Bonchev–Trinajstić information content (AvgIpc) is 2.76.